The molecule has 2 aromatic carbocycles. The molecule has 2 N–H and O–H groups in total. The van der Waals surface area contributed by atoms with E-state index in [1.54, 1.807) is 19.1 Å². The van der Waals surface area contributed by atoms with Gasteiger partial charge < -0.3 is 24.6 Å². The van der Waals surface area contributed by atoms with Crippen LogP contribution in [0.25, 0.3) is 11.3 Å². The molecule has 4 rings (SSSR count). The number of halogens is 5. The number of alkyl halides is 3. The van der Waals surface area contributed by atoms with Crippen LogP contribution in [0, 0.1) is 11.6 Å². The zero-order valence-corrected chi connectivity index (χ0v) is 23.3. The van der Waals surface area contributed by atoms with Crippen LogP contribution in [0.15, 0.2) is 40.9 Å². The summed E-state index contributed by atoms with van der Waals surface area (Å²) >= 11 is 0. The third-order valence-electron chi connectivity index (χ3n) is 6.81. The van der Waals surface area contributed by atoms with Crippen LogP contribution in [-0.4, -0.2) is 42.2 Å². The average molecular weight is 584 g/mol. The Balaban J connectivity index is 0.000000263. The number of aromatic nitrogens is 1. The van der Waals surface area contributed by atoms with Crippen molar-refractivity contribution in [2.24, 2.45) is 0 Å². The molecule has 0 radical (unpaired) electrons. The van der Waals surface area contributed by atoms with E-state index in [0.717, 1.165) is 49.1 Å². The molecule has 1 fully saturated rings. The van der Waals surface area contributed by atoms with Crippen LogP contribution in [0.2, 0.25) is 0 Å². The molecule has 41 heavy (non-hydrogen) atoms. The van der Waals surface area contributed by atoms with Gasteiger partial charge in [0.1, 0.15) is 34.5 Å². The summed E-state index contributed by atoms with van der Waals surface area (Å²) < 4.78 is 74.7. The number of carbonyl (C=O) groups is 1. The predicted molar refractivity (Wildman–Crippen MR) is 144 cm³/mol. The largest absolute Gasteiger partial charge is 0.573 e. The Bertz CT molecular complexity index is 1300. The zero-order chi connectivity index (χ0) is 30.3. The molecule has 0 amide bonds. The Labute approximate surface area is 235 Å². The number of benzene rings is 2. The molecule has 1 saturated carbocycles. The summed E-state index contributed by atoms with van der Waals surface area (Å²) in [7, 11) is 1.53. The highest BCUT2D eigenvalue weighted by Gasteiger charge is 2.35. The second kappa shape index (κ2) is 13.8. The lowest BCUT2D eigenvalue weighted by Gasteiger charge is -2.18. The first-order valence-corrected chi connectivity index (χ1v) is 13.4. The Morgan fingerprint density at radius 3 is 2.27 bits per heavy atom. The fraction of sp³-hybridized carbons (Fsp3) is 0.448. The summed E-state index contributed by atoms with van der Waals surface area (Å²) in [5, 5.41) is 16.1. The van der Waals surface area contributed by atoms with Crippen molar-refractivity contribution in [3.8, 4) is 17.0 Å². The molecule has 0 atom stereocenters. The van der Waals surface area contributed by atoms with Gasteiger partial charge in [-0.05, 0) is 56.9 Å². The zero-order valence-electron chi connectivity index (χ0n) is 23.3. The molecule has 0 saturated heterocycles. The molecule has 0 aliphatic heterocycles. The Morgan fingerprint density at radius 2 is 1.76 bits per heavy atom. The van der Waals surface area contributed by atoms with Crippen molar-refractivity contribution < 1.29 is 41.1 Å². The monoisotopic (exact) mass is 583 g/mol. The predicted octanol–water partition coefficient (Wildman–Crippen LogP) is 7.51. The fourth-order valence-corrected chi connectivity index (χ4v) is 4.28. The summed E-state index contributed by atoms with van der Waals surface area (Å²) in [5.74, 6) is -2.25. The van der Waals surface area contributed by atoms with Crippen LogP contribution in [0.1, 0.15) is 74.1 Å². The molecule has 0 spiro atoms. The topological polar surface area (TPSA) is 87.8 Å². The normalized spacial score (nSPS) is 13.1. The Kier molecular flexibility index (Phi) is 10.7. The van der Waals surface area contributed by atoms with Crippen LogP contribution in [0.3, 0.4) is 0 Å². The summed E-state index contributed by atoms with van der Waals surface area (Å²) in [4.78, 5) is 11.9. The minimum atomic E-state index is -4.76. The number of nitrogens with one attached hydrogen (secondary N) is 1. The third kappa shape index (κ3) is 8.42. The van der Waals surface area contributed by atoms with Crippen molar-refractivity contribution in [2.75, 3.05) is 18.5 Å². The number of nitrogens with zero attached hydrogens (tertiary/aromatic N) is 2. The molecule has 3 aromatic rings. The van der Waals surface area contributed by atoms with Crippen molar-refractivity contribution in [3.63, 3.8) is 0 Å². The highest BCUT2D eigenvalue weighted by molar-refractivity contribution is 5.88. The second-order valence-electron chi connectivity index (χ2n) is 9.69. The maximum atomic E-state index is 13.4. The van der Waals surface area contributed by atoms with Gasteiger partial charge in [0.05, 0.1) is 5.56 Å². The second-order valence-corrected chi connectivity index (χ2v) is 9.69. The number of hydrogen-bond acceptors (Lipinski definition) is 6. The minimum Gasteiger partial charge on any atom is -0.478 e. The number of para-hydroxylation sites is 1. The van der Waals surface area contributed by atoms with E-state index < -0.39 is 29.5 Å². The first-order chi connectivity index (χ1) is 19.4. The lowest BCUT2D eigenvalue weighted by molar-refractivity contribution is -0.274. The molecule has 7 nitrogen and oxygen atoms in total. The van der Waals surface area contributed by atoms with Gasteiger partial charge in [0, 0.05) is 43.2 Å². The summed E-state index contributed by atoms with van der Waals surface area (Å²) in [6, 6.07) is 8.02. The van der Waals surface area contributed by atoms with Crippen molar-refractivity contribution in [3.05, 3.63) is 64.9 Å². The Morgan fingerprint density at radius 1 is 1.15 bits per heavy atom. The SMILES string of the molecule is CCC(CC)NCc1c(-c2ccccc2OC(F)(F)F)noc1C1CC1.CCN(C)c1c(F)cc(C(=O)O)cc1F. The lowest BCUT2D eigenvalue weighted by atomic mass is 10.0. The van der Waals surface area contributed by atoms with E-state index in [1.165, 1.54) is 24.1 Å². The molecule has 1 aliphatic rings. The first kappa shape index (κ1) is 31.9. The highest BCUT2D eigenvalue weighted by atomic mass is 19.4. The van der Waals surface area contributed by atoms with Crippen molar-refractivity contribution in [1.29, 1.82) is 0 Å². The van der Waals surface area contributed by atoms with Crippen LogP contribution in [-0.2, 0) is 6.54 Å². The average Bonchev–Trinajstić information content (AvgIpc) is 3.68. The quantitative estimate of drug-likeness (QED) is 0.226. The maximum Gasteiger partial charge on any atom is 0.573 e. The van der Waals surface area contributed by atoms with E-state index in [-0.39, 0.29) is 11.4 Å². The summed E-state index contributed by atoms with van der Waals surface area (Å²) in [5.41, 5.74) is 0.949. The van der Waals surface area contributed by atoms with E-state index in [1.807, 2.05) is 0 Å². The summed E-state index contributed by atoms with van der Waals surface area (Å²) in [6.07, 6.45) is -0.763. The van der Waals surface area contributed by atoms with Crippen LogP contribution < -0.4 is 15.0 Å². The number of hydrogen-bond donors (Lipinski definition) is 2. The molecule has 12 heteroatoms. The number of carboxylic acid groups (broad SMARTS) is 1. The van der Waals surface area contributed by atoms with Crippen LogP contribution >= 0.6 is 0 Å². The van der Waals surface area contributed by atoms with Gasteiger partial charge in [-0.2, -0.15) is 0 Å². The lowest BCUT2D eigenvalue weighted by Crippen LogP contribution is -2.27. The van der Waals surface area contributed by atoms with E-state index in [4.69, 9.17) is 9.63 Å². The summed E-state index contributed by atoms with van der Waals surface area (Å²) in [6.45, 7) is 6.88. The molecule has 1 heterocycles. The van der Waals surface area contributed by atoms with Crippen molar-refractivity contribution in [2.45, 2.75) is 71.3 Å². The van der Waals surface area contributed by atoms with E-state index in [2.05, 4.69) is 29.1 Å². The van der Waals surface area contributed by atoms with Gasteiger partial charge in [0.15, 0.2) is 0 Å². The molecular formula is C29H34F5N3O4. The smallest absolute Gasteiger partial charge is 0.478 e. The standard InChI is InChI=1S/C19H23F3N2O2.C10H11F2NO2/c1-3-13(4-2)23-11-15-17(24-26-18(15)12-9-10-12)14-7-5-6-8-16(14)25-19(20,21)22;1-3-13(2)9-7(11)4-6(10(14)15)5-8(9)12/h5-8,12-13,23H,3-4,9-11H2,1-2H3;4-5H,3H2,1-2H3,(H,14,15). The van der Waals surface area contributed by atoms with Gasteiger partial charge in [-0.1, -0.05) is 31.1 Å². The van der Waals surface area contributed by atoms with Crippen LogP contribution in [0.4, 0.5) is 27.6 Å². The van der Waals surface area contributed by atoms with Gasteiger partial charge >= 0.3 is 12.3 Å². The number of ether oxygens (including phenoxy) is 1. The minimum absolute atomic E-state index is 0.206. The van der Waals surface area contributed by atoms with Gasteiger partial charge in [-0.15, -0.1) is 13.2 Å². The first-order valence-electron chi connectivity index (χ1n) is 13.4. The fourth-order valence-electron chi connectivity index (χ4n) is 4.28. The van der Waals surface area contributed by atoms with Crippen molar-refractivity contribution in [1.82, 2.24) is 10.5 Å². The maximum absolute atomic E-state index is 13.4. The van der Waals surface area contributed by atoms with Crippen molar-refractivity contribution >= 4 is 11.7 Å². The number of rotatable bonds is 11. The molecule has 224 valence electrons. The van der Waals surface area contributed by atoms with E-state index in [0.29, 0.717) is 36.3 Å². The number of aromatic carboxylic acids is 1. The van der Waals surface area contributed by atoms with E-state index >= 15 is 0 Å². The third-order valence-corrected chi connectivity index (χ3v) is 6.81. The van der Waals surface area contributed by atoms with Crippen LogP contribution in [0.5, 0.6) is 5.75 Å². The van der Waals surface area contributed by atoms with Gasteiger partial charge in [-0.3, -0.25) is 0 Å². The molecule has 0 unspecified atom stereocenters. The molecular weight excluding hydrogens is 549 g/mol. The number of carboxylic acids is 1. The van der Waals surface area contributed by atoms with E-state index in [9.17, 15) is 26.7 Å². The molecule has 1 aromatic heterocycles. The van der Waals surface area contributed by atoms with Gasteiger partial charge in [0.2, 0.25) is 0 Å². The Hall–Kier alpha value is -3.67. The highest BCUT2D eigenvalue weighted by Crippen LogP contribution is 2.45. The number of anilines is 1. The van der Waals surface area contributed by atoms with Gasteiger partial charge in [-0.25, -0.2) is 13.6 Å². The van der Waals surface area contributed by atoms with Gasteiger partial charge in [0.25, 0.3) is 0 Å². The molecule has 0 bridgehead atoms. The molecule has 1 aliphatic carbocycles.